The second-order valence-electron chi connectivity index (χ2n) is 6.53. The number of nitrogens with one attached hydrogen (secondary N) is 1. The number of nitrogens with two attached hydrogens (primary N) is 1. The first-order chi connectivity index (χ1) is 9.62. The molecule has 20 heavy (non-hydrogen) atoms. The van der Waals surface area contributed by atoms with Gasteiger partial charge in [0.05, 0.1) is 0 Å². The van der Waals surface area contributed by atoms with Crippen molar-refractivity contribution in [2.45, 2.75) is 39.2 Å². The lowest BCUT2D eigenvalue weighted by molar-refractivity contribution is 0.169. The third-order valence-corrected chi connectivity index (χ3v) is 4.85. The summed E-state index contributed by atoms with van der Waals surface area (Å²) < 4.78 is 11.3. The Kier molecular flexibility index (Phi) is 3.61. The van der Waals surface area contributed by atoms with Crippen LogP contribution in [0.3, 0.4) is 0 Å². The summed E-state index contributed by atoms with van der Waals surface area (Å²) in [6, 6.07) is 6.35. The minimum atomic E-state index is 0.170. The first-order valence-electron chi connectivity index (χ1n) is 7.47. The van der Waals surface area contributed by atoms with Crippen molar-refractivity contribution in [3.63, 3.8) is 0 Å². The van der Waals surface area contributed by atoms with Crippen LogP contribution < -0.4 is 20.7 Å². The maximum Gasteiger partial charge on any atom is 0.161 e. The zero-order chi connectivity index (χ0) is 14.2. The molecule has 4 nitrogen and oxygen atoms in total. The quantitative estimate of drug-likeness (QED) is 0.658. The van der Waals surface area contributed by atoms with Crippen LogP contribution in [0.5, 0.6) is 11.5 Å². The molecule has 0 saturated heterocycles. The zero-order valence-electron chi connectivity index (χ0n) is 12.3. The molecule has 3 rings (SSSR count). The van der Waals surface area contributed by atoms with Crippen LogP contribution >= 0.6 is 0 Å². The van der Waals surface area contributed by atoms with Crippen LogP contribution in [0.25, 0.3) is 0 Å². The van der Waals surface area contributed by atoms with E-state index in [2.05, 4.69) is 31.4 Å². The summed E-state index contributed by atoms with van der Waals surface area (Å²) in [4.78, 5) is 0. The van der Waals surface area contributed by atoms with E-state index in [0.717, 1.165) is 11.5 Å². The SMILES string of the molecule is CC1(C)CCCC1C(NN)c1ccc2c(c1)OCCO2. The molecule has 2 aliphatic rings. The molecule has 1 saturated carbocycles. The minimum Gasteiger partial charge on any atom is -0.486 e. The second-order valence-corrected chi connectivity index (χ2v) is 6.53. The third-order valence-electron chi connectivity index (χ3n) is 4.85. The van der Waals surface area contributed by atoms with Gasteiger partial charge in [-0.2, -0.15) is 0 Å². The number of benzene rings is 1. The van der Waals surface area contributed by atoms with Crippen molar-refractivity contribution in [2.75, 3.05) is 13.2 Å². The maximum atomic E-state index is 5.86. The van der Waals surface area contributed by atoms with Crippen LogP contribution in [-0.4, -0.2) is 13.2 Å². The first kappa shape index (κ1) is 13.7. The molecule has 1 aliphatic carbocycles. The van der Waals surface area contributed by atoms with Gasteiger partial charge in [0.15, 0.2) is 11.5 Å². The average molecular weight is 276 g/mol. The molecular formula is C16H24N2O2. The van der Waals surface area contributed by atoms with Crippen LogP contribution in [0.1, 0.15) is 44.7 Å². The maximum absolute atomic E-state index is 5.86. The molecular weight excluding hydrogens is 252 g/mol. The van der Waals surface area contributed by atoms with Crippen molar-refractivity contribution in [2.24, 2.45) is 17.2 Å². The molecule has 0 aromatic heterocycles. The molecule has 110 valence electrons. The Morgan fingerprint density at radius 3 is 2.65 bits per heavy atom. The Labute approximate surface area is 120 Å². The molecule has 0 radical (unpaired) electrons. The summed E-state index contributed by atoms with van der Waals surface area (Å²) in [5, 5.41) is 0. The molecule has 0 bridgehead atoms. The van der Waals surface area contributed by atoms with Crippen LogP contribution in [-0.2, 0) is 0 Å². The predicted molar refractivity (Wildman–Crippen MR) is 78.6 cm³/mol. The van der Waals surface area contributed by atoms with E-state index in [9.17, 15) is 0 Å². The van der Waals surface area contributed by atoms with Crippen LogP contribution in [0.2, 0.25) is 0 Å². The smallest absolute Gasteiger partial charge is 0.161 e. The Morgan fingerprint density at radius 2 is 2.00 bits per heavy atom. The monoisotopic (exact) mass is 276 g/mol. The standard InChI is InChI=1S/C16H24N2O2/c1-16(2)7-3-4-12(16)15(18-17)11-5-6-13-14(10-11)20-9-8-19-13/h5-6,10,12,15,18H,3-4,7-9,17H2,1-2H3. The highest BCUT2D eigenvalue weighted by Gasteiger charge is 2.40. The summed E-state index contributed by atoms with van der Waals surface area (Å²) in [6.45, 7) is 5.92. The van der Waals surface area contributed by atoms with Crippen LogP contribution in [0.4, 0.5) is 0 Å². The van der Waals surface area contributed by atoms with Crippen LogP contribution in [0.15, 0.2) is 18.2 Å². The van der Waals surface area contributed by atoms with Crippen molar-refractivity contribution < 1.29 is 9.47 Å². The number of fused-ring (bicyclic) bond motifs is 1. The molecule has 1 aromatic carbocycles. The molecule has 4 heteroatoms. The van der Waals surface area contributed by atoms with Crippen molar-refractivity contribution >= 4 is 0 Å². The lowest BCUT2D eigenvalue weighted by atomic mass is 9.75. The van der Waals surface area contributed by atoms with Gasteiger partial charge in [-0.05, 0) is 41.9 Å². The molecule has 0 spiro atoms. The van der Waals surface area contributed by atoms with Gasteiger partial charge >= 0.3 is 0 Å². The van der Waals surface area contributed by atoms with E-state index in [0.29, 0.717) is 24.5 Å². The lowest BCUT2D eigenvalue weighted by Crippen LogP contribution is -2.37. The highest BCUT2D eigenvalue weighted by atomic mass is 16.6. The number of rotatable bonds is 3. The minimum absolute atomic E-state index is 0.170. The van der Waals surface area contributed by atoms with Gasteiger partial charge in [0.2, 0.25) is 0 Å². The number of hydrogen-bond donors (Lipinski definition) is 2. The molecule has 0 amide bonds. The van der Waals surface area contributed by atoms with Gasteiger partial charge in [-0.15, -0.1) is 0 Å². The van der Waals surface area contributed by atoms with E-state index < -0.39 is 0 Å². The van der Waals surface area contributed by atoms with Gasteiger partial charge in [0, 0.05) is 6.04 Å². The average Bonchev–Trinajstić information content (AvgIpc) is 2.79. The van der Waals surface area contributed by atoms with E-state index in [1.54, 1.807) is 0 Å². The third kappa shape index (κ3) is 2.38. The van der Waals surface area contributed by atoms with E-state index in [1.165, 1.54) is 24.8 Å². The molecule has 1 aliphatic heterocycles. The highest BCUT2D eigenvalue weighted by Crippen LogP contribution is 2.49. The van der Waals surface area contributed by atoms with Crippen molar-refractivity contribution in [1.82, 2.24) is 5.43 Å². The fraction of sp³-hybridized carbons (Fsp3) is 0.625. The van der Waals surface area contributed by atoms with Crippen molar-refractivity contribution in [3.05, 3.63) is 23.8 Å². The molecule has 2 atom stereocenters. The molecule has 1 fully saturated rings. The summed E-state index contributed by atoms with van der Waals surface area (Å²) >= 11 is 0. The van der Waals surface area contributed by atoms with E-state index >= 15 is 0 Å². The summed E-state index contributed by atoms with van der Waals surface area (Å²) in [5.41, 5.74) is 4.54. The van der Waals surface area contributed by atoms with Gasteiger partial charge in [-0.3, -0.25) is 11.3 Å². The van der Waals surface area contributed by atoms with E-state index in [-0.39, 0.29) is 6.04 Å². The van der Waals surface area contributed by atoms with Gasteiger partial charge < -0.3 is 9.47 Å². The normalized spacial score (nSPS) is 25.4. The highest BCUT2D eigenvalue weighted by molar-refractivity contribution is 5.44. The van der Waals surface area contributed by atoms with Gasteiger partial charge in [0.1, 0.15) is 13.2 Å². The number of ether oxygens (including phenoxy) is 2. The Morgan fingerprint density at radius 1 is 1.25 bits per heavy atom. The largest absolute Gasteiger partial charge is 0.486 e. The summed E-state index contributed by atoms with van der Waals surface area (Å²) in [5.74, 6) is 8.08. The van der Waals surface area contributed by atoms with E-state index in [1.807, 2.05) is 6.07 Å². The number of hydrazine groups is 1. The molecule has 3 N–H and O–H groups in total. The Balaban J connectivity index is 1.89. The zero-order valence-corrected chi connectivity index (χ0v) is 12.3. The second kappa shape index (κ2) is 5.26. The molecule has 1 heterocycles. The fourth-order valence-corrected chi connectivity index (χ4v) is 3.67. The first-order valence-corrected chi connectivity index (χ1v) is 7.47. The van der Waals surface area contributed by atoms with Gasteiger partial charge in [-0.25, -0.2) is 0 Å². The van der Waals surface area contributed by atoms with Gasteiger partial charge in [0.25, 0.3) is 0 Å². The van der Waals surface area contributed by atoms with Crippen LogP contribution in [0, 0.1) is 11.3 Å². The topological polar surface area (TPSA) is 56.5 Å². The predicted octanol–water partition coefficient (Wildman–Crippen LogP) is 2.79. The Hall–Kier alpha value is -1.26. The van der Waals surface area contributed by atoms with Gasteiger partial charge in [-0.1, -0.05) is 26.3 Å². The fourth-order valence-electron chi connectivity index (χ4n) is 3.67. The van der Waals surface area contributed by atoms with Crippen molar-refractivity contribution in [1.29, 1.82) is 0 Å². The Bertz CT molecular complexity index is 487. The summed E-state index contributed by atoms with van der Waals surface area (Å²) in [7, 11) is 0. The van der Waals surface area contributed by atoms with E-state index in [4.69, 9.17) is 15.3 Å². The molecule has 1 aromatic rings. The number of hydrogen-bond acceptors (Lipinski definition) is 4. The summed E-state index contributed by atoms with van der Waals surface area (Å²) in [6.07, 6.45) is 3.76. The van der Waals surface area contributed by atoms with Crippen molar-refractivity contribution in [3.8, 4) is 11.5 Å². The lowest BCUT2D eigenvalue weighted by Gasteiger charge is -2.34. The molecule has 2 unspecified atom stereocenters.